The molecule has 1 aromatic heterocycles. The third-order valence-electron chi connectivity index (χ3n) is 4.19. The van der Waals surface area contributed by atoms with Gasteiger partial charge in [-0.3, -0.25) is 4.79 Å². The number of nitrogens with two attached hydrogens (primary N) is 1. The van der Waals surface area contributed by atoms with Crippen molar-refractivity contribution >= 4 is 34.7 Å². The number of carbonyl (C=O) groups excluding carboxylic acids is 1. The van der Waals surface area contributed by atoms with Crippen LogP contribution in [0.2, 0.25) is 5.15 Å². The molecular weight excluding hydrogens is 345 g/mol. The van der Waals surface area contributed by atoms with Gasteiger partial charge in [-0.1, -0.05) is 11.6 Å². The average molecular weight is 364 g/mol. The van der Waals surface area contributed by atoms with Crippen molar-refractivity contribution in [2.45, 2.75) is 0 Å². The Bertz CT molecular complexity index is 775. The fourth-order valence-corrected chi connectivity index (χ4v) is 2.92. The minimum atomic E-state index is -0.820. The van der Waals surface area contributed by atoms with Crippen molar-refractivity contribution < 1.29 is 9.18 Å². The summed E-state index contributed by atoms with van der Waals surface area (Å²) >= 11 is 5.87. The lowest BCUT2D eigenvalue weighted by Gasteiger charge is -2.34. The van der Waals surface area contributed by atoms with E-state index in [4.69, 9.17) is 17.3 Å². The Morgan fingerprint density at radius 3 is 2.48 bits per heavy atom. The summed E-state index contributed by atoms with van der Waals surface area (Å²) in [5.41, 5.74) is 6.77. The van der Waals surface area contributed by atoms with Gasteiger partial charge in [-0.05, 0) is 37.4 Å². The summed E-state index contributed by atoms with van der Waals surface area (Å²) < 4.78 is 14.1. The van der Waals surface area contributed by atoms with E-state index in [1.165, 1.54) is 0 Å². The summed E-state index contributed by atoms with van der Waals surface area (Å²) in [5, 5.41) is 2.73. The molecular formula is C17H19ClFN5O. The van der Waals surface area contributed by atoms with E-state index in [2.05, 4.69) is 27.1 Å². The summed E-state index contributed by atoms with van der Waals surface area (Å²) in [6.07, 6.45) is 0. The minimum Gasteiger partial charge on any atom is -0.369 e. The van der Waals surface area contributed by atoms with E-state index in [1.807, 2.05) is 24.3 Å². The minimum absolute atomic E-state index is 0.0534. The lowest BCUT2D eigenvalue weighted by molar-refractivity contribution is 0.0999. The third kappa shape index (κ3) is 4.00. The SMILES string of the molecule is CN1CCN(c2ccc(Nc3nc(Cl)c(C(N)=O)cc3F)cc2)CC1. The number of nitrogens with one attached hydrogen (secondary N) is 1. The van der Waals surface area contributed by atoms with Crippen LogP contribution in [0.1, 0.15) is 10.4 Å². The van der Waals surface area contributed by atoms with E-state index in [9.17, 15) is 9.18 Å². The fraction of sp³-hybridized carbons (Fsp3) is 0.294. The molecule has 6 nitrogen and oxygen atoms in total. The standard InChI is InChI=1S/C17H19ClFN5O/c1-23-6-8-24(9-7-23)12-4-2-11(3-5-12)21-17-14(19)10-13(16(20)25)15(18)22-17/h2-5,10H,6-9H2,1H3,(H2,20,25)(H,21,22). The molecule has 0 spiro atoms. The molecule has 0 bridgehead atoms. The second-order valence-corrected chi connectivity index (χ2v) is 6.34. The van der Waals surface area contributed by atoms with Gasteiger partial charge in [0.1, 0.15) is 5.15 Å². The van der Waals surface area contributed by atoms with E-state index in [0.29, 0.717) is 5.69 Å². The summed E-state index contributed by atoms with van der Waals surface area (Å²) in [6, 6.07) is 8.64. The van der Waals surface area contributed by atoms with E-state index in [-0.39, 0.29) is 16.5 Å². The van der Waals surface area contributed by atoms with Crippen LogP contribution >= 0.6 is 11.6 Å². The van der Waals surface area contributed by atoms with Crippen LogP contribution in [0.15, 0.2) is 30.3 Å². The number of benzene rings is 1. The number of amides is 1. The highest BCUT2D eigenvalue weighted by Crippen LogP contribution is 2.25. The maximum atomic E-state index is 14.1. The van der Waals surface area contributed by atoms with Crippen molar-refractivity contribution in [3.05, 3.63) is 46.9 Å². The van der Waals surface area contributed by atoms with Gasteiger partial charge in [-0.15, -0.1) is 0 Å². The smallest absolute Gasteiger partial charge is 0.251 e. The Hall–Kier alpha value is -2.38. The molecule has 132 valence electrons. The molecule has 2 aromatic rings. The molecule has 1 aliphatic rings. The van der Waals surface area contributed by atoms with Crippen LogP contribution in [0.4, 0.5) is 21.6 Å². The van der Waals surface area contributed by atoms with Crippen LogP contribution < -0.4 is 16.0 Å². The highest BCUT2D eigenvalue weighted by Gasteiger charge is 2.16. The van der Waals surface area contributed by atoms with Crippen molar-refractivity contribution in [3.8, 4) is 0 Å². The van der Waals surface area contributed by atoms with Gasteiger partial charge >= 0.3 is 0 Å². The largest absolute Gasteiger partial charge is 0.369 e. The van der Waals surface area contributed by atoms with Crippen molar-refractivity contribution in [1.82, 2.24) is 9.88 Å². The highest BCUT2D eigenvalue weighted by atomic mass is 35.5. The molecule has 0 saturated carbocycles. The van der Waals surface area contributed by atoms with Gasteiger partial charge in [-0.25, -0.2) is 9.37 Å². The number of aromatic nitrogens is 1. The van der Waals surface area contributed by atoms with Crippen LogP contribution in [-0.2, 0) is 0 Å². The Labute approximate surface area is 150 Å². The summed E-state index contributed by atoms with van der Waals surface area (Å²) in [5.74, 6) is -1.57. The monoisotopic (exact) mass is 363 g/mol. The molecule has 3 rings (SSSR count). The first-order valence-corrected chi connectivity index (χ1v) is 8.28. The molecule has 1 amide bonds. The van der Waals surface area contributed by atoms with Crippen molar-refractivity contribution in [1.29, 1.82) is 0 Å². The topological polar surface area (TPSA) is 74.5 Å². The summed E-state index contributed by atoms with van der Waals surface area (Å²) in [7, 11) is 2.11. The number of nitrogens with zero attached hydrogens (tertiary/aromatic N) is 3. The van der Waals surface area contributed by atoms with E-state index < -0.39 is 11.7 Å². The lowest BCUT2D eigenvalue weighted by atomic mass is 10.2. The van der Waals surface area contributed by atoms with Crippen molar-refractivity contribution in [2.75, 3.05) is 43.4 Å². The van der Waals surface area contributed by atoms with Crippen LogP contribution in [0.25, 0.3) is 0 Å². The molecule has 0 atom stereocenters. The molecule has 1 saturated heterocycles. The van der Waals surface area contributed by atoms with Crippen molar-refractivity contribution in [3.63, 3.8) is 0 Å². The Morgan fingerprint density at radius 1 is 1.24 bits per heavy atom. The first-order valence-electron chi connectivity index (χ1n) is 7.90. The highest BCUT2D eigenvalue weighted by molar-refractivity contribution is 6.32. The maximum Gasteiger partial charge on any atom is 0.251 e. The Morgan fingerprint density at radius 2 is 1.88 bits per heavy atom. The molecule has 1 aliphatic heterocycles. The molecule has 1 aromatic carbocycles. The Kier molecular flexibility index (Phi) is 5.06. The number of halogens is 2. The van der Waals surface area contributed by atoms with Gasteiger partial charge in [0.25, 0.3) is 5.91 Å². The molecule has 8 heteroatoms. The van der Waals surface area contributed by atoms with Crippen molar-refractivity contribution in [2.24, 2.45) is 5.73 Å². The summed E-state index contributed by atoms with van der Waals surface area (Å²) in [6.45, 7) is 4.01. The number of rotatable bonds is 4. The molecule has 0 radical (unpaired) electrons. The number of piperazine rings is 1. The number of pyridine rings is 1. The molecule has 3 N–H and O–H groups in total. The number of likely N-dealkylation sites (N-methyl/N-ethyl adjacent to an activating group) is 1. The van der Waals surface area contributed by atoms with Gasteiger partial charge in [0.05, 0.1) is 5.56 Å². The molecule has 0 aliphatic carbocycles. The van der Waals surface area contributed by atoms with Crippen LogP contribution in [0.5, 0.6) is 0 Å². The van der Waals surface area contributed by atoms with Gasteiger partial charge in [0.15, 0.2) is 11.6 Å². The van der Waals surface area contributed by atoms with Gasteiger partial charge < -0.3 is 20.9 Å². The normalized spacial score (nSPS) is 15.2. The first kappa shape index (κ1) is 17.4. The first-order chi connectivity index (χ1) is 11.9. The molecule has 2 heterocycles. The van der Waals surface area contributed by atoms with Crippen LogP contribution in [-0.4, -0.2) is 49.0 Å². The number of primary amides is 1. The second-order valence-electron chi connectivity index (χ2n) is 5.98. The predicted molar refractivity (Wildman–Crippen MR) is 97.2 cm³/mol. The van der Waals surface area contributed by atoms with Crippen LogP contribution in [0, 0.1) is 5.82 Å². The number of hydrogen-bond donors (Lipinski definition) is 2. The average Bonchev–Trinajstić information content (AvgIpc) is 2.59. The quantitative estimate of drug-likeness (QED) is 0.816. The fourth-order valence-electron chi connectivity index (χ4n) is 2.68. The summed E-state index contributed by atoms with van der Waals surface area (Å²) in [4.78, 5) is 19.6. The lowest BCUT2D eigenvalue weighted by Crippen LogP contribution is -2.44. The van der Waals surface area contributed by atoms with E-state index in [1.54, 1.807) is 0 Å². The number of anilines is 3. The predicted octanol–water partition coefficient (Wildman–Crippen LogP) is 2.47. The second kappa shape index (κ2) is 7.25. The molecule has 25 heavy (non-hydrogen) atoms. The number of hydrogen-bond acceptors (Lipinski definition) is 5. The maximum absolute atomic E-state index is 14.1. The number of carbonyl (C=O) groups is 1. The van der Waals surface area contributed by atoms with Gasteiger partial charge in [-0.2, -0.15) is 0 Å². The third-order valence-corrected chi connectivity index (χ3v) is 4.48. The van der Waals surface area contributed by atoms with E-state index in [0.717, 1.165) is 37.9 Å². The van der Waals surface area contributed by atoms with Gasteiger partial charge in [0.2, 0.25) is 0 Å². The van der Waals surface area contributed by atoms with Gasteiger partial charge in [0, 0.05) is 37.6 Å². The van der Waals surface area contributed by atoms with Crippen LogP contribution in [0.3, 0.4) is 0 Å². The zero-order valence-corrected chi connectivity index (χ0v) is 14.6. The van der Waals surface area contributed by atoms with E-state index >= 15 is 0 Å². The molecule has 1 fully saturated rings. The zero-order chi connectivity index (χ0) is 18.0. The Balaban J connectivity index is 1.73. The zero-order valence-electron chi connectivity index (χ0n) is 13.8. The molecule has 0 unspecified atom stereocenters.